The Balaban J connectivity index is 4.84. The van der Waals surface area contributed by atoms with Gasteiger partial charge < -0.3 is 5.11 Å². The third kappa shape index (κ3) is 3.77. The summed E-state index contributed by atoms with van der Waals surface area (Å²) in [5.41, 5.74) is 0. The van der Waals surface area contributed by atoms with Gasteiger partial charge in [-0.1, -0.05) is 6.92 Å². The first-order chi connectivity index (χ1) is 6.73. The smallest absolute Gasteiger partial charge is 0.304 e. The highest BCUT2D eigenvalue weighted by atomic mass is 32.2. The van der Waals surface area contributed by atoms with Crippen molar-refractivity contribution >= 4 is 16.2 Å². The quantitative estimate of drug-likeness (QED) is 0.705. The topological polar surface area (TPSA) is 77.9 Å². The van der Waals surface area contributed by atoms with Gasteiger partial charge >= 0.3 is 5.97 Å². The normalized spacial score (nSPS) is 14.5. The highest BCUT2D eigenvalue weighted by molar-refractivity contribution is 7.86. The Morgan fingerprint density at radius 2 is 1.87 bits per heavy atom. The third-order valence-corrected chi connectivity index (χ3v) is 4.16. The molecule has 0 aromatic carbocycles. The Morgan fingerprint density at radius 3 is 2.13 bits per heavy atom. The fraction of sp³-hybridized carbons (Fsp3) is 0.875. The summed E-state index contributed by atoms with van der Waals surface area (Å²) >= 11 is 0. The number of aliphatic carboxylic acids is 1. The molecule has 6 nitrogen and oxygen atoms in total. The molecule has 0 aromatic rings. The molecule has 0 radical (unpaired) electrons. The molecule has 1 N–H and O–H groups in total. The number of carboxylic acid groups (broad SMARTS) is 1. The molecule has 0 saturated carbocycles. The Bertz CT molecular complexity index is 313. The zero-order valence-electron chi connectivity index (χ0n) is 9.47. The summed E-state index contributed by atoms with van der Waals surface area (Å²) in [6.07, 6.45) is -0.194. The minimum atomic E-state index is -3.53. The third-order valence-electron chi connectivity index (χ3n) is 2.03. The van der Waals surface area contributed by atoms with Crippen LogP contribution in [0.15, 0.2) is 0 Å². The molecule has 0 rings (SSSR count). The van der Waals surface area contributed by atoms with Crippen LogP contribution in [-0.4, -0.2) is 54.8 Å². The minimum Gasteiger partial charge on any atom is -0.481 e. The van der Waals surface area contributed by atoms with Crippen LogP contribution in [0.25, 0.3) is 0 Å². The second kappa shape index (κ2) is 5.43. The maximum Gasteiger partial charge on any atom is 0.304 e. The standard InChI is InChI=1S/C8H18N2O4S/c1-5-10(7(2)6-8(11)12)15(13,14)9(3)4/h7H,5-6H2,1-4H3,(H,11,12). The highest BCUT2D eigenvalue weighted by Crippen LogP contribution is 2.11. The number of carboxylic acids is 1. The van der Waals surface area contributed by atoms with E-state index in [0.29, 0.717) is 0 Å². The SMILES string of the molecule is CCN(C(C)CC(=O)O)S(=O)(=O)N(C)C. The second-order valence-electron chi connectivity index (χ2n) is 3.44. The van der Waals surface area contributed by atoms with Crippen molar-refractivity contribution < 1.29 is 18.3 Å². The van der Waals surface area contributed by atoms with E-state index >= 15 is 0 Å². The largest absolute Gasteiger partial charge is 0.481 e. The van der Waals surface area contributed by atoms with Crippen molar-refractivity contribution in [2.24, 2.45) is 0 Å². The first-order valence-corrected chi connectivity index (χ1v) is 6.04. The second-order valence-corrected chi connectivity index (χ2v) is 5.54. The predicted molar refractivity (Wildman–Crippen MR) is 56.7 cm³/mol. The van der Waals surface area contributed by atoms with E-state index in [2.05, 4.69) is 0 Å². The number of rotatable bonds is 6. The van der Waals surface area contributed by atoms with E-state index in [1.165, 1.54) is 18.4 Å². The average molecular weight is 238 g/mol. The van der Waals surface area contributed by atoms with Crippen LogP contribution in [0.3, 0.4) is 0 Å². The van der Waals surface area contributed by atoms with Gasteiger partial charge in [-0.3, -0.25) is 4.79 Å². The van der Waals surface area contributed by atoms with Crippen LogP contribution in [0, 0.1) is 0 Å². The number of nitrogens with zero attached hydrogens (tertiary/aromatic N) is 2. The van der Waals surface area contributed by atoms with E-state index in [0.717, 1.165) is 4.31 Å². The predicted octanol–water partition coefficient (Wildman–Crippen LogP) is -0.0221. The van der Waals surface area contributed by atoms with E-state index in [1.807, 2.05) is 0 Å². The van der Waals surface area contributed by atoms with Gasteiger partial charge in [0.25, 0.3) is 10.2 Å². The lowest BCUT2D eigenvalue weighted by Crippen LogP contribution is -2.45. The van der Waals surface area contributed by atoms with Gasteiger partial charge in [0.15, 0.2) is 0 Å². The molecule has 0 saturated heterocycles. The molecule has 0 aliphatic rings. The monoisotopic (exact) mass is 238 g/mol. The Hall–Kier alpha value is -0.660. The summed E-state index contributed by atoms with van der Waals surface area (Å²) in [4.78, 5) is 10.5. The van der Waals surface area contributed by atoms with Gasteiger partial charge in [0.1, 0.15) is 0 Å². The van der Waals surface area contributed by atoms with E-state index in [9.17, 15) is 13.2 Å². The molecular formula is C8H18N2O4S. The van der Waals surface area contributed by atoms with Crippen molar-refractivity contribution in [1.82, 2.24) is 8.61 Å². The van der Waals surface area contributed by atoms with Gasteiger partial charge in [0.05, 0.1) is 6.42 Å². The Morgan fingerprint density at radius 1 is 1.40 bits per heavy atom. The molecule has 0 fully saturated rings. The fourth-order valence-corrected chi connectivity index (χ4v) is 2.54. The molecule has 0 bridgehead atoms. The zero-order chi connectivity index (χ0) is 12.2. The molecule has 90 valence electrons. The lowest BCUT2D eigenvalue weighted by Gasteiger charge is -2.28. The molecule has 0 heterocycles. The summed E-state index contributed by atoms with van der Waals surface area (Å²) in [6.45, 7) is 3.52. The number of carbonyl (C=O) groups is 1. The molecule has 1 atom stereocenters. The van der Waals surface area contributed by atoms with Gasteiger partial charge in [-0.2, -0.15) is 17.0 Å². The van der Waals surface area contributed by atoms with Gasteiger partial charge in [0.2, 0.25) is 0 Å². The van der Waals surface area contributed by atoms with Gasteiger partial charge in [-0.05, 0) is 6.92 Å². The molecular weight excluding hydrogens is 220 g/mol. The van der Waals surface area contributed by atoms with Crippen molar-refractivity contribution in [1.29, 1.82) is 0 Å². The van der Waals surface area contributed by atoms with Crippen molar-refractivity contribution in [2.45, 2.75) is 26.3 Å². The Kier molecular flexibility index (Phi) is 5.19. The van der Waals surface area contributed by atoms with Gasteiger partial charge in [-0.15, -0.1) is 0 Å². The van der Waals surface area contributed by atoms with Crippen LogP contribution in [0.4, 0.5) is 0 Å². The maximum absolute atomic E-state index is 11.7. The van der Waals surface area contributed by atoms with Crippen molar-refractivity contribution in [2.75, 3.05) is 20.6 Å². The minimum absolute atomic E-state index is 0.194. The van der Waals surface area contributed by atoms with Gasteiger partial charge in [-0.25, -0.2) is 0 Å². The van der Waals surface area contributed by atoms with Crippen LogP contribution in [0.5, 0.6) is 0 Å². The maximum atomic E-state index is 11.7. The molecule has 0 amide bonds. The van der Waals surface area contributed by atoms with E-state index in [4.69, 9.17) is 5.11 Å². The summed E-state index contributed by atoms with van der Waals surface area (Å²) in [5.74, 6) is -1.00. The molecule has 1 unspecified atom stereocenters. The Labute approximate surface area is 90.7 Å². The van der Waals surface area contributed by atoms with Crippen LogP contribution < -0.4 is 0 Å². The summed E-state index contributed by atoms with van der Waals surface area (Å²) in [7, 11) is -0.686. The highest BCUT2D eigenvalue weighted by Gasteiger charge is 2.28. The van der Waals surface area contributed by atoms with Crippen molar-refractivity contribution in [3.63, 3.8) is 0 Å². The number of hydrogen-bond acceptors (Lipinski definition) is 3. The summed E-state index contributed by atoms with van der Waals surface area (Å²) in [6, 6.07) is -0.542. The first kappa shape index (κ1) is 14.3. The van der Waals surface area contributed by atoms with Crippen LogP contribution in [0.1, 0.15) is 20.3 Å². The molecule has 0 aliphatic carbocycles. The van der Waals surface area contributed by atoms with Gasteiger partial charge in [0, 0.05) is 26.7 Å². The number of hydrogen-bond donors (Lipinski definition) is 1. The lowest BCUT2D eigenvalue weighted by atomic mass is 10.2. The fourth-order valence-electron chi connectivity index (χ4n) is 1.27. The molecule has 0 spiro atoms. The van der Waals surface area contributed by atoms with Crippen LogP contribution in [-0.2, 0) is 15.0 Å². The first-order valence-electron chi connectivity index (χ1n) is 4.64. The van der Waals surface area contributed by atoms with Crippen molar-refractivity contribution in [3.05, 3.63) is 0 Å². The average Bonchev–Trinajstić information content (AvgIpc) is 2.02. The zero-order valence-corrected chi connectivity index (χ0v) is 10.3. The lowest BCUT2D eigenvalue weighted by molar-refractivity contribution is -0.137. The summed E-state index contributed by atoms with van der Waals surface area (Å²) < 4.78 is 25.7. The molecule has 15 heavy (non-hydrogen) atoms. The van der Waals surface area contributed by atoms with E-state index in [-0.39, 0.29) is 13.0 Å². The van der Waals surface area contributed by atoms with E-state index in [1.54, 1.807) is 13.8 Å². The van der Waals surface area contributed by atoms with Crippen molar-refractivity contribution in [3.8, 4) is 0 Å². The summed E-state index contributed by atoms with van der Waals surface area (Å²) in [5, 5.41) is 8.60. The van der Waals surface area contributed by atoms with E-state index < -0.39 is 22.2 Å². The van der Waals surface area contributed by atoms with Crippen LogP contribution >= 0.6 is 0 Å². The van der Waals surface area contributed by atoms with Crippen LogP contribution in [0.2, 0.25) is 0 Å². The molecule has 0 aromatic heterocycles. The molecule has 0 aliphatic heterocycles. The molecule has 7 heteroatoms.